The number of hydrogen-bond donors (Lipinski definition) is 0. The molecule has 6 heteroatoms. The number of piperidine rings is 1. The summed E-state index contributed by atoms with van der Waals surface area (Å²) in [5.74, 6) is 0.905. The van der Waals surface area contributed by atoms with Crippen LogP contribution in [0, 0.1) is 0 Å². The molecule has 1 aliphatic rings. The molecular formula is C22H25N5O. The maximum atomic E-state index is 13.2. The lowest BCUT2D eigenvalue weighted by atomic mass is 9.97. The van der Waals surface area contributed by atoms with Gasteiger partial charge in [-0.15, -0.1) is 0 Å². The van der Waals surface area contributed by atoms with E-state index in [9.17, 15) is 4.79 Å². The molecule has 0 unspecified atom stereocenters. The van der Waals surface area contributed by atoms with E-state index in [1.54, 1.807) is 12.5 Å². The summed E-state index contributed by atoms with van der Waals surface area (Å²) in [4.78, 5) is 24.0. The summed E-state index contributed by atoms with van der Waals surface area (Å²) >= 11 is 0. The SMILES string of the molecule is CCCn1ncnc1-c1ccc(C(=O)N2CCCC[C@@H]2c2ccccn2)cc1. The second-order valence-corrected chi connectivity index (χ2v) is 7.15. The van der Waals surface area contributed by atoms with Crippen molar-refractivity contribution >= 4 is 5.91 Å². The predicted octanol–water partition coefficient (Wildman–Crippen LogP) is 4.12. The van der Waals surface area contributed by atoms with Crippen molar-refractivity contribution in [2.75, 3.05) is 6.54 Å². The summed E-state index contributed by atoms with van der Waals surface area (Å²) < 4.78 is 1.90. The number of aromatic nitrogens is 4. The molecule has 144 valence electrons. The average Bonchev–Trinajstić information content (AvgIpc) is 3.22. The van der Waals surface area contributed by atoms with Crippen LogP contribution in [-0.4, -0.2) is 37.1 Å². The van der Waals surface area contributed by atoms with Gasteiger partial charge in [0.1, 0.15) is 6.33 Å². The number of benzene rings is 1. The molecule has 1 aliphatic heterocycles. The summed E-state index contributed by atoms with van der Waals surface area (Å²) in [7, 11) is 0. The van der Waals surface area contributed by atoms with Crippen molar-refractivity contribution in [2.45, 2.75) is 45.2 Å². The molecule has 2 aromatic heterocycles. The fourth-order valence-corrected chi connectivity index (χ4v) is 3.85. The number of rotatable bonds is 5. The van der Waals surface area contributed by atoms with Crippen LogP contribution in [0.2, 0.25) is 0 Å². The van der Waals surface area contributed by atoms with Crippen molar-refractivity contribution in [1.29, 1.82) is 0 Å². The van der Waals surface area contributed by atoms with Crippen molar-refractivity contribution in [2.24, 2.45) is 0 Å². The van der Waals surface area contributed by atoms with Gasteiger partial charge < -0.3 is 4.90 Å². The highest BCUT2D eigenvalue weighted by Gasteiger charge is 2.29. The molecule has 0 bridgehead atoms. The van der Waals surface area contributed by atoms with E-state index in [1.165, 1.54) is 0 Å². The van der Waals surface area contributed by atoms with Gasteiger partial charge >= 0.3 is 0 Å². The highest BCUT2D eigenvalue weighted by molar-refractivity contribution is 5.95. The Bertz CT molecular complexity index is 920. The molecule has 1 amide bonds. The molecule has 28 heavy (non-hydrogen) atoms. The number of aryl methyl sites for hydroxylation is 1. The van der Waals surface area contributed by atoms with Gasteiger partial charge in [0.05, 0.1) is 11.7 Å². The normalized spacial score (nSPS) is 16.9. The van der Waals surface area contributed by atoms with Crippen LogP contribution in [-0.2, 0) is 6.54 Å². The number of pyridine rings is 1. The number of hydrogen-bond acceptors (Lipinski definition) is 4. The van der Waals surface area contributed by atoms with Crippen LogP contribution in [0.25, 0.3) is 11.4 Å². The number of carbonyl (C=O) groups excluding carboxylic acids is 1. The van der Waals surface area contributed by atoms with Crippen LogP contribution < -0.4 is 0 Å². The van der Waals surface area contributed by atoms with E-state index < -0.39 is 0 Å². The zero-order chi connectivity index (χ0) is 19.3. The van der Waals surface area contributed by atoms with Crippen molar-refractivity contribution in [3.63, 3.8) is 0 Å². The lowest BCUT2D eigenvalue weighted by molar-refractivity contribution is 0.0606. The van der Waals surface area contributed by atoms with E-state index >= 15 is 0 Å². The average molecular weight is 375 g/mol. The number of amides is 1. The van der Waals surface area contributed by atoms with Gasteiger partial charge in [-0.2, -0.15) is 5.10 Å². The summed E-state index contributed by atoms with van der Waals surface area (Å²) in [6.07, 6.45) is 7.49. The third-order valence-corrected chi connectivity index (χ3v) is 5.23. The summed E-state index contributed by atoms with van der Waals surface area (Å²) in [6, 6.07) is 13.7. The number of carbonyl (C=O) groups is 1. The summed E-state index contributed by atoms with van der Waals surface area (Å²) in [5.41, 5.74) is 2.65. The largest absolute Gasteiger partial charge is 0.330 e. The third-order valence-electron chi connectivity index (χ3n) is 5.23. The van der Waals surface area contributed by atoms with Gasteiger partial charge in [-0.05, 0) is 49.9 Å². The first-order valence-corrected chi connectivity index (χ1v) is 9.98. The molecule has 0 spiro atoms. The van der Waals surface area contributed by atoms with E-state index in [2.05, 4.69) is 22.0 Å². The fourth-order valence-electron chi connectivity index (χ4n) is 3.85. The van der Waals surface area contributed by atoms with Crippen LogP contribution in [0.5, 0.6) is 0 Å². The van der Waals surface area contributed by atoms with Crippen molar-refractivity contribution in [1.82, 2.24) is 24.6 Å². The smallest absolute Gasteiger partial charge is 0.254 e. The third kappa shape index (κ3) is 3.67. The number of likely N-dealkylation sites (tertiary alicyclic amines) is 1. The summed E-state index contributed by atoms with van der Waals surface area (Å²) in [6.45, 7) is 3.71. The topological polar surface area (TPSA) is 63.9 Å². The van der Waals surface area contributed by atoms with Crippen molar-refractivity contribution in [3.05, 3.63) is 66.2 Å². The second kappa shape index (κ2) is 8.33. The van der Waals surface area contributed by atoms with Crippen LogP contribution in [0.1, 0.15) is 54.7 Å². The van der Waals surface area contributed by atoms with E-state index in [0.29, 0.717) is 5.56 Å². The molecule has 0 radical (unpaired) electrons. The molecule has 1 aromatic carbocycles. The minimum absolute atomic E-state index is 0.0507. The van der Waals surface area contributed by atoms with Crippen LogP contribution in [0.4, 0.5) is 0 Å². The zero-order valence-corrected chi connectivity index (χ0v) is 16.2. The lowest BCUT2D eigenvalue weighted by Crippen LogP contribution is -2.38. The zero-order valence-electron chi connectivity index (χ0n) is 16.2. The van der Waals surface area contributed by atoms with Gasteiger partial charge in [-0.25, -0.2) is 9.67 Å². The van der Waals surface area contributed by atoms with Gasteiger partial charge in [0.2, 0.25) is 0 Å². The Morgan fingerprint density at radius 1 is 1.11 bits per heavy atom. The van der Waals surface area contributed by atoms with Gasteiger partial charge in [-0.3, -0.25) is 9.78 Å². The molecule has 1 fully saturated rings. The molecular weight excluding hydrogens is 350 g/mol. The summed E-state index contributed by atoms with van der Waals surface area (Å²) in [5, 5.41) is 4.28. The Morgan fingerprint density at radius 2 is 1.96 bits per heavy atom. The van der Waals surface area contributed by atoms with Gasteiger partial charge in [0, 0.05) is 30.4 Å². The minimum Gasteiger partial charge on any atom is -0.330 e. The molecule has 3 heterocycles. The second-order valence-electron chi connectivity index (χ2n) is 7.15. The molecule has 1 atom stereocenters. The first kappa shape index (κ1) is 18.3. The Kier molecular flexibility index (Phi) is 5.46. The van der Waals surface area contributed by atoms with Crippen LogP contribution >= 0.6 is 0 Å². The molecule has 0 saturated carbocycles. The molecule has 1 saturated heterocycles. The Morgan fingerprint density at radius 3 is 2.71 bits per heavy atom. The molecule has 3 aromatic rings. The Balaban J connectivity index is 1.56. The maximum Gasteiger partial charge on any atom is 0.254 e. The molecule has 6 nitrogen and oxygen atoms in total. The van der Waals surface area contributed by atoms with Crippen LogP contribution in [0.3, 0.4) is 0 Å². The standard InChI is InChI=1S/C22H25N5O/c1-2-14-27-21(24-16-25-27)17-9-11-18(12-10-17)22(28)26-15-6-4-8-20(26)19-7-3-5-13-23-19/h3,5,7,9-13,16,20H,2,4,6,8,14-15H2,1H3/t20-/m1/s1. The monoisotopic (exact) mass is 375 g/mol. The van der Waals surface area contributed by atoms with E-state index in [1.807, 2.05) is 52.0 Å². The van der Waals surface area contributed by atoms with Crippen LogP contribution in [0.15, 0.2) is 55.0 Å². The molecule has 0 N–H and O–H groups in total. The van der Waals surface area contributed by atoms with E-state index in [0.717, 1.165) is 55.9 Å². The predicted molar refractivity (Wildman–Crippen MR) is 108 cm³/mol. The van der Waals surface area contributed by atoms with Gasteiger partial charge in [0.25, 0.3) is 5.91 Å². The quantitative estimate of drug-likeness (QED) is 0.673. The van der Waals surface area contributed by atoms with Crippen molar-refractivity contribution in [3.8, 4) is 11.4 Å². The van der Waals surface area contributed by atoms with Gasteiger partial charge in [0.15, 0.2) is 5.82 Å². The number of nitrogens with zero attached hydrogens (tertiary/aromatic N) is 5. The highest BCUT2D eigenvalue weighted by atomic mass is 16.2. The first-order chi connectivity index (χ1) is 13.8. The van der Waals surface area contributed by atoms with E-state index in [4.69, 9.17) is 0 Å². The van der Waals surface area contributed by atoms with Gasteiger partial charge in [-0.1, -0.05) is 25.1 Å². The molecule has 0 aliphatic carbocycles. The Labute approximate surface area is 165 Å². The first-order valence-electron chi connectivity index (χ1n) is 9.98. The van der Waals surface area contributed by atoms with Crippen molar-refractivity contribution < 1.29 is 4.79 Å². The molecule has 4 rings (SSSR count). The lowest BCUT2D eigenvalue weighted by Gasteiger charge is -2.35. The minimum atomic E-state index is 0.0507. The fraction of sp³-hybridized carbons (Fsp3) is 0.364. The highest BCUT2D eigenvalue weighted by Crippen LogP contribution is 2.31. The van der Waals surface area contributed by atoms with E-state index in [-0.39, 0.29) is 11.9 Å². The maximum absolute atomic E-state index is 13.2. The Hall–Kier alpha value is -3.02.